The van der Waals surface area contributed by atoms with Crippen LogP contribution in [0.1, 0.15) is 24.8 Å². The number of amides is 1. The van der Waals surface area contributed by atoms with Crippen LogP contribution in [0.3, 0.4) is 0 Å². The summed E-state index contributed by atoms with van der Waals surface area (Å²) in [7, 11) is 0. The molecule has 4 heterocycles. The van der Waals surface area contributed by atoms with E-state index in [-0.39, 0.29) is 12.6 Å². The lowest BCUT2D eigenvalue weighted by Gasteiger charge is -2.34. The monoisotopic (exact) mass is 436 g/mol. The van der Waals surface area contributed by atoms with Gasteiger partial charge in [0.05, 0.1) is 6.20 Å². The number of halogens is 4. The summed E-state index contributed by atoms with van der Waals surface area (Å²) in [6, 6.07) is 2.61. The lowest BCUT2D eigenvalue weighted by molar-refractivity contribution is -0.162. The third-order valence-corrected chi connectivity index (χ3v) is 5.14. The fourth-order valence-electron chi connectivity index (χ4n) is 3.63. The first-order chi connectivity index (χ1) is 14.7. The van der Waals surface area contributed by atoms with Crippen LogP contribution in [-0.4, -0.2) is 55.5 Å². The highest BCUT2D eigenvalue weighted by Gasteiger charge is 2.35. The predicted octanol–water partition coefficient (Wildman–Crippen LogP) is 3.59. The van der Waals surface area contributed by atoms with Gasteiger partial charge in [-0.25, -0.2) is 19.3 Å². The van der Waals surface area contributed by atoms with Crippen molar-refractivity contribution in [3.8, 4) is 11.5 Å². The molecule has 11 heteroatoms. The van der Waals surface area contributed by atoms with Crippen LogP contribution >= 0.6 is 0 Å². The van der Waals surface area contributed by atoms with E-state index in [2.05, 4.69) is 20.3 Å². The molecule has 3 aromatic rings. The van der Waals surface area contributed by atoms with Crippen molar-refractivity contribution in [3.63, 3.8) is 0 Å². The minimum absolute atomic E-state index is 0.161. The Kier molecular flexibility index (Phi) is 5.50. The molecule has 1 amide bonds. The Morgan fingerprint density at radius 1 is 1.26 bits per heavy atom. The van der Waals surface area contributed by atoms with Crippen LogP contribution in [0.2, 0.25) is 0 Å². The van der Waals surface area contributed by atoms with Gasteiger partial charge in [-0.2, -0.15) is 13.2 Å². The number of anilines is 1. The summed E-state index contributed by atoms with van der Waals surface area (Å²) >= 11 is 0. The molecule has 1 N–H and O–H groups in total. The van der Waals surface area contributed by atoms with E-state index in [0.717, 1.165) is 5.56 Å². The van der Waals surface area contributed by atoms with E-state index >= 15 is 0 Å². The van der Waals surface area contributed by atoms with Crippen molar-refractivity contribution in [2.24, 2.45) is 0 Å². The second kappa shape index (κ2) is 8.12. The van der Waals surface area contributed by atoms with Crippen LogP contribution in [0, 0.1) is 12.7 Å². The molecule has 0 radical (unpaired) electrons. The molecule has 0 spiro atoms. The Hall–Kier alpha value is -3.24. The number of nitrogens with zero attached hydrogens (tertiary/aromatic N) is 5. The summed E-state index contributed by atoms with van der Waals surface area (Å²) in [6.07, 6.45) is -0.260. The van der Waals surface area contributed by atoms with Gasteiger partial charge in [0, 0.05) is 37.1 Å². The highest BCUT2D eigenvalue weighted by atomic mass is 19.4. The second-order valence-corrected chi connectivity index (χ2v) is 7.56. The maximum Gasteiger partial charge on any atom is 0.397 e. The summed E-state index contributed by atoms with van der Waals surface area (Å²) in [5.74, 6) is -0.520. The number of carbonyl (C=O) groups excluding carboxylic acids is 1. The average molecular weight is 436 g/mol. The van der Waals surface area contributed by atoms with Crippen LogP contribution in [0.5, 0.6) is 0 Å². The molecule has 1 saturated heterocycles. The zero-order valence-corrected chi connectivity index (χ0v) is 16.7. The second-order valence-electron chi connectivity index (χ2n) is 7.56. The molecule has 1 aliphatic heterocycles. The minimum Gasteiger partial charge on any atom is -0.365 e. The van der Waals surface area contributed by atoms with Crippen LogP contribution < -0.4 is 5.32 Å². The maximum absolute atomic E-state index is 13.7. The molecular formula is C20H20F4N6O. The topological polar surface area (TPSA) is 75.4 Å². The molecule has 1 aliphatic rings. The van der Waals surface area contributed by atoms with E-state index in [0.29, 0.717) is 42.4 Å². The number of piperidine rings is 1. The lowest BCUT2D eigenvalue weighted by atomic mass is 10.0. The lowest BCUT2D eigenvalue weighted by Crippen LogP contribution is -2.46. The Morgan fingerprint density at radius 3 is 2.84 bits per heavy atom. The van der Waals surface area contributed by atoms with E-state index < -0.39 is 24.3 Å². The van der Waals surface area contributed by atoms with Gasteiger partial charge < -0.3 is 10.2 Å². The van der Waals surface area contributed by atoms with Crippen molar-refractivity contribution in [1.82, 2.24) is 24.3 Å². The number of aryl methyl sites for hydroxylation is 1. The number of nitrogens with one attached hydrogen (secondary N) is 1. The van der Waals surface area contributed by atoms with Gasteiger partial charge in [0.15, 0.2) is 5.82 Å². The third-order valence-electron chi connectivity index (χ3n) is 5.14. The van der Waals surface area contributed by atoms with Gasteiger partial charge in [0.2, 0.25) is 5.91 Å². The van der Waals surface area contributed by atoms with Crippen molar-refractivity contribution in [2.45, 2.75) is 38.4 Å². The first kappa shape index (κ1) is 21.0. The molecule has 31 heavy (non-hydrogen) atoms. The van der Waals surface area contributed by atoms with E-state index in [1.54, 1.807) is 29.8 Å². The number of rotatable bonds is 4. The molecule has 1 fully saturated rings. The Balaban J connectivity index is 1.54. The molecule has 0 saturated carbocycles. The smallest absolute Gasteiger partial charge is 0.365 e. The van der Waals surface area contributed by atoms with Gasteiger partial charge >= 0.3 is 6.18 Å². The number of aromatic nitrogens is 4. The van der Waals surface area contributed by atoms with Crippen molar-refractivity contribution in [1.29, 1.82) is 0 Å². The summed E-state index contributed by atoms with van der Waals surface area (Å²) in [6.45, 7) is 2.26. The quantitative estimate of drug-likeness (QED) is 0.633. The molecule has 4 rings (SSSR count). The molecule has 3 aromatic heterocycles. The SMILES string of the molecule is Cc1cnc(-c2cnc3ccc(F)cn23)nc1NC1CCCN(C(=O)CC(F)(F)F)C1. The molecule has 164 valence electrons. The van der Waals surface area contributed by atoms with E-state index in [9.17, 15) is 22.4 Å². The Labute approximate surface area is 175 Å². The first-order valence-corrected chi connectivity index (χ1v) is 9.77. The third kappa shape index (κ3) is 4.75. The fourth-order valence-corrected chi connectivity index (χ4v) is 3.63. The van der Waals surface area contributed by atoms with Crippen molar-refractivity contribution in [2.75, 3.05) is 18.4 Å². The summed E-state index contributed by atoms with van der Waals surface area (Å²) in [5, 5.41) is 3.23. The minimum atomic E-state index is -4.52. The highest BCUT2D eigenvalue weighted by molar-refractivity contribution is 5.77. The van der Waals surface area contributed by atoms with Gasteiger partial charge in [-0.15, -0.1) is 0 Å². The van der Waals surface area contributed by atoms with Crippen molar-refractivity contribution in [3.05, 3.63) is 42.1 Å². The molecule has 0 bridgehead atoms. The van der Waals surface area contributed by atoms with Crippen molar-refractivity contribution < 1.29 is 22.4 Å². The number of likely N-dealkylation sites (tertiary alicyclic amines) is 1. The van der Waals surface area contributed by atoms with Gasteiger partial charge in [-0.3, -0.25) is 9.20 Å². The largest absolute Gasteiger partial charge is 0.397 e. The van der Waals surface area contributed by atoms with Gasteiger partial charge in [-0.1, -0.05) is 0 Å². The van der Waals surface area contributed by atoms with Crippen LogP contribution in [0.15, 0.2) is 30.7 Å². The Bertz CT molecular complexity index is 1110. The average Bonchev–Trinajstić information content (AvgIpc) is 3.11. The van der Waals surface area contributed by atoms with Crippen molar-refractivity contribution >= 4 is 17.4 Å². The number of imidazole rings is 1. The predicted molar refractivity (Wildman–Crippen MR) is 105 cm³/mol. The van der Waals surface area contributed by atoms with E-state index in [1.165, 1.54) is 17.2 Å². The molecule has 7 nitrogen and oxygen atoms in total. The zero-order chi connectivity index (χ0) is 22.2. The Morgan fingerprint density at radius 2 is 2.06 bits per heavy atom. The van der Waals surface area contributed by atoms with Crippen LogP contribution in [0.25, 0.3) is 17.2 Å². The van der Waals surface area contributed by atoms with Gasteiger partial charge in [-0.05, 0) is 31.9 Å². The summed E-state index contributed by atoms with van der Waals surface area (Å²) < 4.78 is 52.9. The van der Waals surface area contributed by atoms with E-state index in [1.807, 2.05) is 0 Å². The zero-order valence-electron chi connectivity index (χ0n) is 16.7. The summed E-state index contributed by atoms with van der Waals surface area (Å²) in [4.78, 5) is 26.3. The number of alkyl halides is 3. The first-order valence-electron chi connectivity index (χ1n) is 9.77. The standard InChI is InChI=1S/C20H20F4N6O/c1-12-8-26-19(15-9-25-16-5-4-13(21)10-30(15)16)28-18(12)27-14-3-2-6-29(11-14)17(31)7-20(22,23)24/h4-5,8-10,14H,2-3,6-7,11H2,1H3,(H,26,27,28). The number of carbonyl (C=O) groups is 1. The molecule has 0 aromatic carbocycles. The highest BCUT2D eigenvalue weighted by Crippen LogP contribution is 2.25. The number of fused-ring (bicyclic) bond motifs is 1. The normalized spacial score (nSPS) is 17.2. The fraction of sp³-hybridized carbons (Fsp3) is 0.400. The van der Waals surface area contributed by atoms with Gasteiger partial charge in [0.1, 0.15) is 29.4 Å². The molecule has 1 atom stereocenters. The van der Waals surface area contributed by atoms with Crippen LogP contribution in [0.4, 0.5) is 23.4 Å². The van der Waals surface area contributed by atoms with E-state index in [4.69, 9.17) is 0 Å². The molecule has 1 unspecified atom stereocenters. The van der Waals surface area contributed by atoms with Gasteiger partial charge in [0.25, 0.3) is 0 Å². The van der Waals surface area contributed by atoms with Crippen LogP contribution in [-0.2, 0) is 4.79 Å². The summed E-state index contributed by atoms with van der Waals surface area (Å²) in [5.41, 5.74) is 1.78. The number of pyridine rings is 1. The number of hydrogen-bond acceptors (Lipinski definition) is 5. The molecule has 0 aliphatic carbocycles. The number of hydrogen-bond donors (Lipinski definition) is 1. The molecular weight excluding hydrogens is 416 g/mol. The maximum atomic E-state index is 13.7.